The molecule has 0 radical (unpaired) electrons. The molecular weight excluding hydrogens is 282 g/mol. The third kappa shape index (κ3) is 4.54. The molecule has 21 heavy (non-hydrogen) atoms. The molecule has 1 aromatic carbocycles. The van der Waals surface area contributed by atoms with Gasteiger partial charge in [0, 0.05) is 11.7 Å². The lowest BCUT2D eigenvalue weighted by Crippen LogP contribution is -2.35. The molecule has 1 fully saturated rings. The Balaban J connectivity index is 2.06. The van der Waals surface area contributed by atoms with Gasteiger partial charge in [-0.1, -0.05) is 38.3 Å². The molecule has 2 unspecified atom stereocenters. The maximum absolute atomic E-state index is 6.33. The fraction of sp³-hybridized carbons (Fsp3) is 0.667. The van der Waals surface area contributed by atoms with E-state index in [2.05, 4.69) is 25.2 Å². The van der Waals surface area contributed by atoms with Crippen molar-refractivity contribution in [2.45, 2.75) is 65.5 Å². The Hall–Kier alpha value is -0.890. The SMILES string of the molecule is CC(C)Oc1ccc(NC2CCCCC2C(C)C)cc1Cl. The number of anilines is 1. The van der Waals surface area contributed by atoms with Gasteiger partial charge in [-0.05, 0) is 56.7 Å². The fourth-order valence-corrected chi connectivity index (χ4v) is 3.52. The van der Waals surface area contributed by atoms with Gasteiger partial charge in [0.05, 0.1) is 11.1 Å². The van der Waals surface area contributed by atoms with Crippen LogP contribution in [-0.2, 0) is 0 Å². The molecule has 0 aromatic heterocycles. The summed E-state index contributed by atoms with van der Waals surface area (Å²) in [6.07, 6.45) is 5.42. The van der Waals surface area contributed by atoms with Crippen molar-refractivity contribution >= 4 is 17.3 Å². The van der Waals surface area contributed by atoms with Gasteiger partial charge in [-0.2, -0.15) is 0 Å². The maximum Gasteiger partial charge on any atom is 0.138 e. The molecule has 1 N–H and O–H groups in total. The van der Waals surface area contributed by atoms with Gasteiger partial charge in [0.25, 0.3) is 0 Å². The highest BCUT2D eigenvalue weighted by molar-refractivity contribution is 6.32. The van der Waals surface area contributed by atoms with Crippen molar-refractivity contribution in [3.05, 3.63) is 23.2 Å². The number of hydrogen-bond acceptors (Lipinski definition) is 2. The highest BCUT2D eigenvalue weighted by Crippen LogP contribution is 2.34. The lowest BCUT2D eigenvalue weighted by Gasteiger charge is -2.35. The van der Waals surface area contributed by atoms with Crippen molar-refractivity contribution in [3.63, 3.8) is 0 Å². The monoisotopic (exact) mass is 309 g/mol. The van der Waals surface area contributed by atoms with Crippen LogP contribution in [0, 0.1) is 11.8 Å². The molecule has 2 nitrogen and oxygen atoms in total. The Bertz CT molecular complexity index is 459. The van der Waals surface area contributed by atoms with Gasteiger partial charge in [-0.3, -0.25) is 0 Å². The van der Waals surface area contributed by atoms with E-state index in [1.807, 2.05) is 26.0 Å². The van der Waals surface area contributed by atoms with Crippen molar-refractivity contribution in [2.24, 2.45) is 11.8 Å². The van der Waals surface area contributed by atoms with Crippen molar-refractivity contribution in [2.75, 3.05) is 5.32 Å². The molecule has 0 amide bonds. The summed E-state index contributed by atoms with van der Waals surface area (Å²) in [5.41, 5.74) is 1.11. The summed E-state index contributed by atoms with van der Waals surface area (Å²) in [6.45, 7) is 8.68. The van der Waals surface area contributed by atoms with Crippen LogP contribution in [0.1, 0.15) is 53.4 Å². The summed E-state index contributed by atoms with van der Waals surface area (Å²) < 4.78 is 5.69. The lowest BCUT2D eigenvalue weighted by molar-refractivity contribution is 0.242. The van der Waals surface area contributed by atoms with Crippen LogP contribution in [0.2, 0.25) is 5.02 Å². The standard InChI is InChI=1S/C18H28ClNO/c1-12(2)15-7-5-6-8-17(15)20-14-9-10-18(16(19)11-14)21-13(3)4/h9-13,15,17,20H,5-8H2,1-4H3. The van der Waals surface area contributed by atoms with E-state index in [-0.39, 0.29) is 6.10 Å². The fourth-order valence-electron chi connectivity index (χ4n) is 3.29. The highest BCUT2D eigenvalue weighted by Gasteiger charge is 2.27. The van der Waals surface area contributed by atoms with Crippen LogP contribution < -0.4 is 10.1 Å². The number of nitrogens with one attached hydrogen (secondary N) is 1. The molecular formula is C18H28ClNO. The van der Waals surface area contributed by atoms with E-state index in [0.717, 1.165) is 23.3 Å². The first-order chi connectivity index (χ1) is 9.97. The first kappa shape index (κ1) is 16.5. The van der Waals surface area contributed by atoms with Crippen LogP contribution in [0.15, 0.2) is 18.2 Å². The second kappa shape index (κ2) is 7.40. The summed E-state index contributed by atoms with van der Waals surface area (Å²) in [6, 6.07) is 6.60. The molecule has 0 aliphatic heterocycles. The molecule has 1 aliphatic rings. The predicted octanol–water partition coefficient (Wildman–Crippen LogP) is 5.75. The smallest absolute Gasteiger partial charge is 0.138 e. The minimum atomic E-state index is 0.143. The average Bonchev–Trinajstić information content (AvgIpc) is 2.42. The Kier molecular flexibility index (Phi) is 5.80. The van der Waals surface area contributed by atoms with E-state index < -0.39 is 0 Å². The number of ether oxygens (including phenoxy) is 1. The second-order valence-corrected chi connectivity index (χ2v) is 7.16. The van der Waals surface area contributed by atoms with Crippen LogP contribution in [0.5, 0.6) is 5.75 Å². The molecule has 0 spiro atoms. The van der Waals surface area contributed by atoms with Crippen molar-refractivity contribution in [1.29, 1.82) is 0 Å². The largest absolute Gasteiger partial charge is 0.489 e. The Morgan fingerprint density at radius 3 is 2.48 bits per heavy atom. The molecule has 3 heteroatoms. The zero-order valence-corrected chi connectivity index (χ0v) is 14.4. The van der Waals surface area contributed by atoms with Crippen LogP contribution in [-0.4, -0.2) is 12.1 Å². The van der Waals surface area contributed by atoms with Crippen molar-refractivity contribution < 1.29 is 4.74 Å². The molecule has 0 bridgehead atoms. The van der Waals surface area contributed by atoms with Gasteiger partial charge in [0.1, 0.15) is 5.75 Å². The Labute approximate surface area is 134 Å². The molecule has 1 aliphatic carbocycles. The van der Waals surface area contributed by atoms with E-state index in [1.165, 1.54) is 25.7 Å². The first-order valence-corrected chi connectivity index (χ1v) is 8.58. The summed E-state index contributed by atoms with van der Waals surface area (Å²) in [5.74, 6) is 2.24. The van der Waals surface area contributed by atoms with E-state index in [0.29, 0.717) is 11.1 Å². The molecule has 1 aromatic rings. The van der Waals surface area contributed by atoms with Crippen LogP contribution >= 0.6 is 11.6 Å². The van der Waals surface area contributed by atoms with Crippen LogP contribution in [0.25, 0.3) is 0 Å². The Morgan fingerprint density at radius 2 is 1.86 bits per heavy atom. The van der Waals surface area contributed by atoms with Crippen molar-refractivity contribution in [3.8, 4) is 5.75 Å². The summed E-state index contributed by atoms with van der Waals surface area (Å²) >= 11 is 6.33. The average molecular weight is 310 g/mol. The van der Waals surface area contributed by atoms with Crippen molar-refractivity contribution in [1.82, 2.24) is 0 Å². The molecule has 0 heterocycles. The molecule has 118 valence electrons. The maximum atomic E-state index is 6.33. The number of hydrogen-bond donors (Lipinski definition) is 1. The zero-order chi connectivity index (χ0) is 15.4. The number of rotatable bonds is 5. The van der Waals surface area contributed by atoms with E-state index in [9.17, 15) is 0 Å². The lowest BCUT2D eigenvalue weighted by atomic mass is 9.78. The molecule has 0 saturated heterocycles. The van der Waals surface area contributed by atoms with E-state index in [1.54, 1.807) is 0 Å². The van der Waals surface area contributed by atoms with E-state index in [4.69, 9.17) is 16.3 Å². The Morgan fingerprint density at radius 1 is 1.14 bits per heavy atom. The molecule has 2 rings (SSSR count). The summed E-state index contributed by atoms with van der Waals surface area (Å²) in [7, 11) is 0. The van der Waals surface area contributed by atoms with Crippen LogP contribution in [0.4, 0.5) is 5.69 Å². The van der Waals surface area contributed by atoms with Gasteiger partial charge in [-0.15, -0.1) is 0 Å². The van der Waals surface area contributed by atoms with Gasteiger partial charge in [-0.25, -0.2) is 0 Å². The second-order valence-electron chi connectivity index (χ2n) is 6.75. The predicted molar refractivity (Wildman–Crippen MR) is 91.4 cm³/mol. The minimum Gasteiger partial charge on any atom is -0.489 e. The number of halogens is 1. The third-order valence-corrected chi connectivity index (χ3v) is 4.62. The van der Waals surface area contributed by atoms with Gasteiger partial charge >= 0.3 is 0 Å². The third-order valence-electron chi connectivity index (χ3n) is 4.32. The summed E-state index contributed by atoms with van der Waals surface area (Å²) in [5, 5.41) is 4.38. The minimum absolute atomic E-state index is 0.143. The highest BCUT2D eigenvalue weighted by atomic mass is 35.5. The van der Waals surface area contributed by atoms with Gasteiger partial charge in [0.15, 0.2) is 0 Å². The van der Waals surface area contributed by atoms with Crippen LogP contribution in [0.3, 0.4) is 0 Å². The first-order valence-electron chi connectivity index (χ1n) is 8.20. The normalized spacial score (nSPS) is 22.6. The molecule has 2 atom stereocenters. The quantitative estimate of drug-likeness (QED) is 0.747. The molecule has 1 saturated carbocycles. The topological polar surface area (TPSA) is 21.3 Å². The zero-order valence-electron chi connectivity index (χ0n) is 13.7. The number of benzene rings is 1. The van der Waals surface area contributed by atoms with E-state index >= 15 is 0 Å². The summed E-state index contributed by atoms with van der Waals surface area (Å²) in [4.78, 5) is 0. The van der Waals surface area contributed by atoms with Gasteiger partial charge < -0.3 is 10.1 Å². The van der Waals surface area contributed by atoms with Gasteiger partial charge in [0.2, 0.25) is 0 Å².